The topological polar surface area (TPSA) is 42.0 Å². The molecule has 2 aromatic heterocycles. The van der Waals surface area contributed by atoms with Gasteiger partial charge in [0.2, 0.25) is 5.91 Å². The molecule has 0 atom stereocenters. The van der Waals surface area contributed by atoms with E-state index in [1.807, 2.05) is 23.6 Å². The Balaban J connectivity index is 2.03. The fourth-order valence-corrected chi connectivity index (χ4v) is 2.59. The molecule has 0 aliphatic carbocycles. The molecule has 0 aliphatic rings. The zero-order chi connectivity index (χ0) is 13.5. The summed E-state index contributed by atoms with van der Waals surface area (Å²) in [5.41, 5.74) is 2.03. The lowest BCUT2D eigenvalue weighted by molar-refractivity contribution is -0.121. The van der Waals surface area contributed by atoms with Crippen molar-refractivity contribution >= 4 is 17.2 Å². The van der Waals surface area contributed by atoms with Crippen LogP contribution in [0.25, 0.3) is 10.6 Å². The van der Waals surface area contributed by atoms with Crippen LogP contribution in [0.4, 0.5) is 0 Å². The fourth-order valence-electron chi connectivity index (χ4n) is 1.84. The normalized spacial score (nSPS) is 10.4. The zero-order valence-electron chi connectivity index (χ0n) is 11.1. The van der Waals surface area contributed by atoms with Crippen molar-refractivity contribution in [1.29, 1.82) is 0 Å². The highest BCUT2D eigenvalue weighted by atomic mass is 32.1. The maximum absolute atomic E-state index is 11.6. The number of carbonyl (C=O) groups is 1. The van der Waals surface area contributed by atoms with Gasteiger partial charge in [-0.25, -0.2) is 0 Å². The molecule has 2 aromatic rings. The molecule has 0 radical (unpaired) electrons. The number of aromatic nitrogens is 1. The Kier molecular flexibility index (Phi) is 5.10. The summed E-state index contributed by atoms with van der Waals surface area (Å²) in [6.45, 7) is 2.63. The molecule has 2 rings (SSSR count). The Bertz CT molecular complexity index is 523. The van der Waals surface area contributed by atoms with Gasteiger partial charge in [-0.3, -0.25) is 9.78 Å². The first kappa shape index (κ1) is 13.7. The number of carbonyl (C=O) groups excluding carboxylic acids is 1. The lowest BCUT2D eigenvalue weighted by Gasteiger charge is -2.08. The van der Waals surface area contributed by atoms with Gasteiger partial charge >= 0.3 is 0 Å². The number of nitrogens with zero attached hydrogens (tertiary/aromatic N) is 1. The largest absolute Gasteiger partial charge is 0.352 e. The van der Waals surface area contributed by atoms with E-state index in [1.54, 1.807) is 17.5 Å². The third-order valence-electron chi connectivity index (χ3n) is 2.88. The van der Waals surface area contributed by atoms with E-state index in [2.05, 4.69) is 23.3 Å². The van der Waals surface area contributed by atoms with E-state index in [9.17, 15) is 4.79 Å². The summed E-state index contributed by atoms with van der Waals surface area (Å²) < 4.78 is 0. The summed E-state index contributed by atoms with van der Waals surface area (Å²) in [6.07, 6.45) is 4.37. The molecule has 1 amide bonds. The number of rotatable bonds is 6. The molecule has 0 saturated heterocycles. The monoisotopic (exact) mass is 274 g/mol. The van der Waals surface area contributed by atoms with Gasteiger partial charge in [0.25, 0.3) is 0 Å². The van der Waals surface area contributed by atoms with E-state index in [0.717, 1.165) is 29.0 Å². The van der Waals surface area contributed by atoms with Crippen LogP contribution in [0.15, 0.2) is 35.8 Å². The van der Waals surface area contributed by atoms with E-state index in [1.165, 1.54) is 0 Å². The quantitative estimate of drug-likeness (QED) is 0.874. The summed E-state index contributed by atoms with van der Waals surface area (Å²) in [5.74, 6) is 0.114. The molecule has 2 heterocycles. The molecule has 0 unspecified atom stereocenters. The molecule has 4 heteroatoms. The standard InChI is InChI=1S/C15H18N2OS/c1-2-3-8-14(18)17-11-12-6-4-9-16-15(12)13-7-5-10-19-13/h4-7,9-10H,2-3,8,11H2,1H3,(H,17,18). The predicted octanol–water partition coefficient (Wildman–Crippen LogP) is 3.62. The summed E-state index contributed by atoms with van der Waals surface area (Å²) in [6, 6.07) is 7.99. The Morgan fingerprint density at radius 3 is 3.00 bits per heavy atom. The predicted molar refractivity (Wildman–Crippen MR) is 78.9 cm³/mol. The average Bonchev–Trinajstić information content (AvgIpc) is 2.97. The zero-order valence-corrected chi connectivity index (χ0v) is 11.9. The summed E-state index contributed by atoms with van der Waals surface area (Å²) in [7, 11) is 0. The lowest BCUT2D eigenvalue weighted by Crippen LogP contribution is -2.22. The Hall–Kier alpha value is -1.68. The molecule has 3 nitrogen and oxygen atoms in total. The minimum absolute atomic E-state index is 0.114. The number of hydrogen-bond acceptors (Lipinski definition) is 3. The highest BCUT2D eigenvalue weighted by Gasteiger charge is 2.08. The highest BCUT2D eigenvalue weighted by Crippen LogP contribution is 2.25. The second kappa shape index (κ2) is 7.04. The molecule has 100 valence electrons. The smallest absolute Gasteiger partial charge is 0.220 e. The van der Waals surface area contributed by atoms with E-state index in [4.69, 9.17) is 0 Å². The van der Waals surface area contributed by atoms with E-state index in [0.29, 0.717) is 13.0 Å². The SMILES string of the molecule is CCCCC(=O)NCc1cccnc1-c1cccs1. The Morgan fingerprint density at radius 2 is 2.26 bits per heavy atom. The van der Waals surface area contributed by atoms with E-state index >= 15 is 0 Å². The molecule has 0 bridgehead atoms. The van der Waals surface area contributed by atoms with Gasteiger partial charge in [-0.2, -0.15) is 0 Å². The second-order valence-electron chi connectivity index (χ2n) is 4.37. The molecule has 1 N–H and O–H groups in total. The maximum atomic E-state index is 11.6. The van der Waals surface area contributed by atoms with Gasteiger partial charge in [0, 0.05) is 19.2 Å². The third kappa shape index (κ3) is 3.89. The van der Waals surface area contributed by atoms with Crippen molar-refractivity contribution in [1.82, 2.24) is 10.3 Å². The van der Waals surface area contributed by atoms with Crippen LogP contribution in [-0.4, -0.2) is 10.9 Å². The van der Waals surface area contributed by atoms with Gasteiger partial charge in [0.05, 0.1) is 10.6 Å². The van der Waals surface area contributed by atoms with Gasteiger partial charge in [-0.05, 0) is 29.5 Å². The number of pyridine rings is 1. The maximum Gasteiger partial charge on any atom is 0.220 e. The first-order valence-corrected chi connectivity index (χ1v) is 7.43. The van der Waals surface area contributed by atoms with Crippen LogP contribution in [0, 0.1) is 0 Å². The molecule has 0 saturated carbocycles. The van der Waals surface area contributed by atoms with E-state index < -0.39 is 0 Å². The van der Waals surface area contributed by atoms with Gasteiger partial charge in [0.15, 0.2) is 0 Å². The molecular formula is C15H18N2OS. The lowest BCUT2D eigenvalue weighted by atomic mass is 10.1. The number of unbranched alkanes of at least 4 members (excludes halogenated alkanes) is 1. The number of nitrogens with one attached hydrogen (secondary N) is 1. The number of hydrogen-bond donors (Lipinski definition) is 1. The van der Waals surface area contributed by atoms with Crippen LogP contribution in [-0.2, 0) is 11.3 Å². The van der Waals surface area contributed by atoms with E-state index in [-0.39, 0.29) is 5.91 Å². The van der Waals surface area contributed by atoms with Crippen molar-refractivity contribution < 1.29 is 4.79 Å². The van der Waals surface area contributed by atoms with Gasteiger partial charge < -0.3 is 5.32 Å². The first-order valence-electron chi connectivity index (χ1n) is 6.55. The van der Waals surface area contributed by atoms with Crippen LogP contribution in [0.5, 0.6) is 0 Å². The van der Waals surface area contributed by atoms with Crippen molar-refractivity contribution in [2.24, 2.45) is 0 Å². The molecule has 19 heavy (non-hydrogen) atoms. The van der Waals surface area contributed by atoms with Crippen molar-refractivity contribution in [3.63, 3.8) is 0 Å². The molecule has 0 fully saturated rings. The minimum Gasteiger partial charge on any atom is -0.352 e. The van der Waals surface area contributed by atoms with Crippen LogP contribution in [0.3, 0.4) is 0 Å². The van der Waals surface area contributed by atoms with Crippen LogP contribution in [0.1, 0.15) is 31.7 Å². The fraction of sp³-hybridized carbons (Fsp3) is 0.333. The van der Waals surface area contributed by atoms with Gasteiger partial charge in [-0.1, -0.05) is 25.5 Å². The third-order valence-corrected chi connectivity index (χ3v) is 3.76. The van der Waals surface area contributed by atoms with Crippen LogP contribution >= 0.6 is 11.3 Å². The highest BCUT2D eigenvalue weighted by molar-refractivity contribution is 7.13. The Morgan fingerprint density at radius 1 is 1.37 bits per heavy atom. The number of amides is 1. The van der Waals surface area contributed by atoms with Crippen molar-refractivity contribution in [2.75, 3.05) is 0 Å². The first-order chi connectivity index (χ1) is 9.31. The summed E-state index contributed by atoms with van der Waals surface area (Å²) >= 11 is 1.66. The summed E-state index contributed by atoms with van der Waals surface area (Å²) in [5, 5.41) is 5.00. The molecule has 0 spiro atoms. The molecule has 0 aliphatic heterocycles. The Labute approximate surface area is 117 Å². The van der Waals surface area contributed by atoms with Crippen LogP contribution < -0.4 is 5.32 Å². The number of thiophene rings is 1. The van der Waals surface area contributed by atoms with Crippen molar-refractivity contribution in [3.05, 3.63) is 41.4 Å². The van der Waals surface area contributed by atoms with Crippen molar-refractivity contribution in [3.8, 4) is 10.6 Å². The van der Waals surface area contributed by atoms with Crippen molar-refractivity contribution in [2.45, 2.75) is 32.7 Å². The second-order valence-corrected chi connectivity index (χ2v) is 5.32. The molecular weight excluding hydrogens is 256 g/mol. The van der Waals surface area contributed by atoms with Gasteiger partial charge in [-0.15, -0.1) is 11.3 Å². The van der Waals surface area contributed by atoms with Gasteiger partial charge in [0.1, 0.15) is 0 Å². The summed E-state index contributed by atoms with van der Waals surface area (Å²) in [4.78, 5) is 17.2. The van der Waals surface area contributed by atoms with Crippen LogP contribution in [0.2, 0.25) is 0 Å². The minimum atomic E-state index is 0.114. The molecule has 0 aromatic carbocycles. The average molecular weight is 274 g/mol.